The van der Waals surface area contributed by atoms with E-state index in [0.717, 1.165) is 0 Å². The minimum atomic E-state index is -3.59. The molecule has 0 aliphatic rings. The normalized spacial score (nSPS) is 13.1. The third kappa shape index (κ3) is 5.05. The summed E-state index contributed by atoms with van der Waals surface area (Å²) in [6.07, 6.45) is 0. The lowest BCUT2D eigenvalue weighted by molar-refractivity contribution is -0.146. The van der Waals surface area contributed by atoms with Gasteiger partial charge >= 0.3 is 14.1 Å². The molecule has 0 amide bonds. The summed E-state index contributed by atoms with van der Waals surface area (Å²) in [4.78, 5) is 11.8. The molecule has 27 heavy (non-hydrogen) atoms. The second-order valence-corrected chi connectivity index (χ2v) is 6.32. The molecule has 2 rings (SSSR count). The van der Waals surface area contributed by atoms with Crippen molar-refractivity contribution in [3.63, 3.8) is 0 Å². The van der Waals surface area contributed by atoms with Crippen LogP contribution in [0.3, 0.4) is 0 Å². The summed E-state index contributed by atoms with van der Waals surface area (Å²) in [6, 6.07) is 7.36. The Balaban J connectivity index is 1.98. The van der Waals surface area contributed by atoms with Crippen molar-refractivity contribution in [2.45, 2.75) is 19.6 Å². The fourth-order valence-electron chi connectivity index (χ4n) is 1.89. The Morgan fingerprint density at radius 1 is 1.00 bits per heavy atom. The van der Waals surface area contributed by atoms with Crippen molar-refractivity contribution in [1.82, 2.24) is 5.09 Å². The van der Waals surface area contributed by atoms with Crippen LogP contribution < -0.4 is 9.61 Å². The van der Waals surface area contributed by atoms with E-state index in [1.54, 1.807) is 30.3 Å². The average molecular weight is 409 g/mol. The van der Waals surface area contributed by atoms with E-state index < -0.39 is 55.0 Å². The third-order valence-corrected chi connectivity index (χ3v) is 4.33. The van der Waals surface area contributed by atoms with Crippen LogP contribution in [0.1, 0.15) is 12.5 Å². The van der Waals surface area contributed by atoms with Crippen molar-refractivity contribution in [3.8, 4) is 5.75 Å². The number of ether oxygens (including phenoxy) is 1. The van der Waals surface area contributed by atoms with Crippen LogP contribution in [0.4, 0.5) is 22.0 Å². The van der Waals surface area contributed by atoms with E-state index in [2.05, 4.69) is 4.52 Å². The molecule has 1 unspecified atom stereocenters. The summed E-state index contributed by atoms with van der Waals surface area (Å²) in [5.41, 5.74) is 0.684. The number of esters is 1. The van der Waals surface area contributed by atoms with Crippen molar-refractivity contribution in [1.29, 1.82) is 0 Å². The maximum atomic E-state index is 13.5. The fourth-order valence-corrected chi connectivity index (χ4v) is 2.78. The Labute approximate surface area is 151 Å². The second-order valence-electron chi connectivity index (χ2n) is 5.25. The summed E-state index contributed by atoms with van der Waals surface area (Å²) in [7, 11) is -3.59. The van der Waals surface area contributed by atoms with E-state index >= 15 is 0 Å². The molecule has 11 heteroatoms. The molecule has 0 aliphatic heterocycles. The monoisotopic (exact) mass is 409 g/mol. The standard InChI is InChI=1S/C16H13F5NO4P/c1-8(16(23)25-7-9-5-3-2-4-6-9)22-27(24)26-15-13(20)11(18)10(17)12(19)14(15)21/h2-6,8,27H,7H2,1H3,(H,22,24)/t8-/m0/s1. The molecule has 0 aliphatic carbocycles. The minimum absolute atomic E-state index is 0.0783. The number of rotatable bonds is 7. The highest BCUT2D eigenvalue weighted by molar-refractivity contribution is 7.37. The molecule has 0 saturated carbocycles. The Morgan fingerprint density at radius 2 is 1.52 bits per heavy atom. The largest absolute Gasteiger partial charge is 0.460 e. The van der Waals surface area contributed by atoms with Gasteiger partial charge in [0.1, 0.15) is 12.6 Å². The molecule has 2 aromatic rings. The van der Waals surface area contributed by atoms with Gasteiger partial charge in [-0.2, -0.15) is 8.78 Å². The van der Waals surface area contributed by atoms with Gasteiger partial charge in [-0.05, 0) is 12.5 Å². The third-order valence-electron chi connectivity index (χ3n) is 3.28. The van der Waals surface area contributed by atoms with E-state index in [-0.39, 0.29) is 6.61 Å². The number of hydrogen-bond donors (Lipinski definition) is 1. The molecule has 1 N–H and O–H groups in total. The molecule has 0 aromatic heterocycles. The Bertz CT molecular complexity index is 837. The van der Waals surface area contributed by atoms with Gasteiger partial charge in [0, 0.05) is 0 Å². The van der Waals surface area contributed by atoms with Crippen LogP contribution in [0.15, 0.2) is 30.3 Å². The van der Waals surface area contributed by atoms with E-state index in [1.165, 1.54) is 6.92 Å². The first kappa shape index (κ1) is 20.9. The molecule has 0 radical (unpaired) electrons. The van der Waals surface area contributed by atoms with Gasteiger partial charge in [0.25, 0.3) is 0 Å². The summed E-state index contributed by atoms with van der Waals surface area (Å²) in [6.45, 7) is 1.14. The number of carbonyl (C=O) groups is 1. The van der Waals surface area contributed by atoms with Crippen LogP contribution in [0, 0.1) is 29.1 Å². The Morgan fingerprint density at radius 3 is 2.07 bits per heavy atom. The van der Waals surface area contributed by atoms with Crippen molar-refractivity contribution in [3.05, 3.63) is 65.0 Å². The molecule has 0 bridgehead atoms. The van der Waals surface area contributed by atoms with Crippen molar-refractivity contribution < 1.29 is 40.6 Å². The quantitative estimate of drug-likeness (QED) is 0.247. The summed E-state index contributed by atoms with van der Waals surface area (Å²) in [5, 5.41) is 2.05. The number of halogens is 5. The first-order valence-electron chi connectivity index (χ1n) is 7.42. The number of benzene rings is 2. The molecular weight excluding hydrogens is 396 g/mol. The van der Waals surface area contributed by atoms with E-state index in [4.69, 9.17) is 4.74 Å². The van der Waals surface area contributed by atoms with Crippen molar-refractivity contribution >= 4 is 14.1 Å². The lowest BCUT2D eigenvalue weighted by Crippen LogP contribution is -2.31. The molecule has 0 spiro atoms. The first-order chi connectivity index (χ1) is 12.7. The van der Waals surface area contributed by atoms with Gasteiger partial charge in [0.2, 0.25) is 34.8 Å². The smallest absolute Gasteiger partial charge is 0.323 e. The van der Waals surface area contributed by atoms with Gasteiger partial charge < -0.3 is 9.26 Å². The summed E-state index contributed by atoms with van der Waals surface area (Å²) < 4.78 is 87.1. The zero-order valence-corrected chi connectivity index (χ0v) is 14.7. The van der Waals surface area contributed by atoms with Gasteiger partial charge in [0.15, 0.2) is 0 Å². The fraction of sp³-hybridized carbons (Fsp3) is 0.188. The highest BCUT2D eigenvalue weighted by Crippen LogP contribution is 2.34. The van der Waals surface area contributed by atoms with E-state index in [0.29, 0.717) is 5.56 Å². The molecule has 0 fully saturated rings. The van der Waals surface area contributed by atoms with Crippen LogP contribution in [-0.2, 0) is 20.7 Å². The average Bonchev–Trinajstić information content (AvgIpc) is 2.67. The maximum Gasteiger partial charge on any atom is 0.323 e. The highest BCUT2D eigenvalue weighted by Gasteiger charge is 2.28. The van der Waals surface area contributed by atoms with Crippen molar-refractivity contribution in [2.75, 3.05) is 0 Å². The SMILES string of the molecule is C[C@H](N[PH](=O)Oc1c(F)c(F)c(F)c(F)c1F)C(=O)OCc1ccccc1. The minimum Gasteiger partial charge on any atom is -0.460 e. The van der Waals surface area contributed by atoms with Gasteiger partial charge in [-0.15, -0.1) is 0 Å². The van der Waals surface area contributed by atoms with Gasteiger partial charge in [-0.3, -0.25) is 9.36 Å². The molecule has 0 heterocycles. The van der Waals surface area contributed by atoms with Crippen molar-refractivity contribution in [2.24, 2.45) is 0 Å². The Hall–Kier alpha value is -2.45. The summed E-state index contributed by atoms with van der Waals surface area (Å²) in [5.74, 6) is -14.0. The summed E-state index contributed by atoms with van der Waals surface area (Å²) >= 11 is 0. The molecule has 5 nitrogen and oxygen atoms in total. The zero-order chi connectivity index (χ0) is 20.1. The first-order valence-corrected chi connectivity index (χ1v) is 8.74. The van der Waals surface area contributed by atoms with Crippen LogP contribution >= 0.6 is 8.18 Å². The highest BCUT2D eigenvalue weighted by atomic mass is 31.1. The molecular formula is C16H13F5NO4P. The van der Waals surface area contributed by atoms with Gasteiger partial charge in [-0.25, -0.2) is 18.3 Å². The van der Waals surface area contributed by atoms with Crippen LogP contribution in [0.25, 0.3) is 0 Å². The van der Waals surface area contributed by atoms with Crippen LogP contribution in [-0.4, -0.2) is 12.0 Å². The lowest BCUT2D eigenvalue weighted by atomic mass is 10.2. The number of nitrogens with one attached hydrogen (secondary N) is 1. The second kappa shape index (κ2) is 8.96. The van der Waals surface area contributed by atoms with E-state index in [1.807, 2.05) is 5.09 Å². The molecule has 2 atom stereocenters. The Kier molecular flexibility index (Phi) is 6.92. The van der Waals surface area contributed by atoms with Gasteiger partial charge in [0.05, 0.1) is 0 Å². The van der Waals surface area contributed by atoms with E-state index in [9.17, 15) is 31.3 Å². The predicted octanol–water partition coefficient (Wildman–Crippen LogP) is 3.87. The van der Waals surface area contributed by atoms with Gasteiger partial charge in [-0.1, -0.05) is 30.3 Å². The molecule has 2 aromatic carbocycles. The molecule has 146 valence electrons. The number of carbonyl (C=O) groups excluding carboxylic acids is 1. The number of hydrogen-bond acceptors (Lipinski definition) is 4. The zero-order valence-electron chi connectivity index (χ0n) is 13.7. The maximum absolute atomic E-state index is 13.5. The lowest BCUT2D eigenvalue weighted by Gasteiger charge is -2.15. The van der Waals surface area contributed by atoms with Crippen LogP contribution in [0.2, 0.25) is 0 Å². The predicted molar refractivity (Wildman–Crippen MR) is 84.7 cm³/mol. The topological polar surface area (TPSA) is 64.6 Å². The molecule has 0 saturated heterocycles. The van der Waals surface area contributed by atoms with Crippen LogP contribution in [0.5, 0.6) is 5.75 Å².